The number of nitrogens with zero attached hydrogens (tertiary/aromatic N) is 3. The van der Waals surface area contributed by atoms with Crippen molar-refractivity contribution in [2.75, 3.05) is 17.2 Å². The lowest BCUT2D eigenvalue weighted by molar-refractivity contribution is 0.659. The van der Waals surface area contributed by atoms with Crippen LogP contribution in [0.1, 0.15) is 18.1 Å². The van der Waals surface area contributed by atoms with Gasteiger partial charge in [0.15, 0.2) is 0 Å². The third-order valence-electron chi connectivity index (χ3n) is 3.50. The second-order valence-electron chi connectivity index (χ2n) is 4.73. The summed E-state index contributed by atoms with van der Waals surface area (Å²) in [6.07, 6.45) is 5.14. The van der Waals surface area contributed by atoms with Gasteiger partial charge in [0.25, 0.3) is 0 Å². The van der Waals surface area contributed by atoms with Crippen molar-refractivity contribution >= 4 is 11.4 Å². The van der Waals surface area contributed by atoms with Crippen LogP contribution in [0.5, 0.6) is 0 Å². The Morgan fingerprint density at radius 2 is 2.28 bits per heavy atom. The van der Waals surface area contributed by atoms with E-state index in [1.54, 1.807) is 0 Å². The maximum absolute atomic E-state index is 6.08. The zero-order chi connectivity index (χ0) is 12.5. The minimum Gasteiger partial charge on any atom is -0.397 e. The SMILES string of the molecule is CCn1cc(CN2CCc3cccc(N)c32)cn1. The molecule has 2 heterocycles. The van der Waals surface area contributed by atoms with Gasteiger partial charge in [-0.15, -0.1) is 0 Å². The molecule has 18 heavy (non-hydrogen) atoms. The van der Waals surface area contributed by atoms with E-state index in [4.69, 9.17) is 5.73 Å². The molecule has 0 fully saturated rings. The van der Waals surface area contributed by atoms with Gasteiger partial charge in [-0.1, -0.05) is 12.1 Å². The zero-order valence-electron chi connectivity index (χ0n) is 10.6. The van der Waals surface area contributed by atoms with E-state index in [2.05, 4.69) is 29.2 Å². The summed E-state index contributed by atoms with van der Waals surface area (Å²) in [5, 5.41) is 4.31. The number of rotatable bonds is 3. The fraction of sp³-hybridized carbons (Fsp3) is 0.357. The maximum Gasteiger partial charge on any atom is 0.0636 e. The molecule has 3 rings (SSSR count). The van der Waals surface area contributed by atoms with Crippen LogP contribution in [0.3, 0.4) is 0 Å². The lowest BCUT2D eigenvalue weighted by Gasteiger charge is -2.20. The first kappa shape index (κ1) is 11.1. The standard InChI is InChI=1S/C14H18N4/c1-2-18-10-11(8-16-18)9-17-7-6-12-4-3-5-13(15)14(12)17/h3-5,8,10H,2,6-7,9,15H2,1H3. The van der Waals surface area contributed by atoms with Gasteiger partial charge in [0, 0.05) is 31.4 Å². The number of nitrogens with two attached hydrogens (primary N) is 1. The third kappa shape index (κ3) is 1.83. The van der Waals surface area contributed by atoms with Crippen LogP contribution in [0.25, 0.3) is 0 Å². The predicted octanol–water partition coefficient (Wildman–Crippen LogP) is 2.05. The highest BCUT2D eigenvalue weighted by Gasteiger charge is 2.21. The second kappa shape index (κ2) is 4.37. The number of nitrogen functional groups attached to an aromatic ring is 1. The number of aromatic nitrogens is 2. The molecule has 0 bridgehead atoms. The van der Waals surface area contributed by atoms with Crippen molar-refractivity contribution in [3.05, 3.63) is 41.7 Å². The molecular weight excluding hydrogens is 224 g/mol. The molecular formula is C14H18N4. The zero-order valence-corrected chi connectivity index (χ0v) is 10.6. The van der Waals surface area contributed by atoms with Crippen LogP contribution in [0.4, 0.5) is 11.4 Å². The minimum atomic E-state index is 0.882. The Balaban J connectivity index is 1.84. The summed E-state index contributed by atoms with van der Waals surface area (Å²) in [7, 11) is 0. The number of fused-ring (bicyclic) bond motifs is 1. The fourth-order valence-electron chi connectivity index (χ4n) is 2.61. The Bertz CT molecular complexity index is 559. The smallest absolute Gasteiger partial charge is 0.0636 e. The molecule has 4 nitrogen and oxygen atoms in total. The summed E-state index contributed by atoms with van der Waals surface area (Å²) < 4.78 is 1.96. The monoisotopic (exact) mass is 242 g/mol. The first-order valence-corrected chi connectivity index (χ1v) is 6.41. The Kier molecular flexibility index (Phi) is 2.70. The average Bonchev–Trinajstić information content (AvgIpc) is 2.98. The van der Waals surface area contributed by atoms with Crippen LogP contribution in [0, 0.1) is 0 Å². The van der Waals surface area contributed by atoms with Crippen LogP contribution in [0.2, 0.25) is 0 Å². The van der Waals surface area contributed by atoms with Gasteiger partial charge in [0.2, 0.25) is 0 Å². The van der Waals surface area contributed by atoms with Gasteiger partial charge in [-0.05, 0) is 25.0 Å². The summed E-state index contributed by atoms with van der Waals surface area (Å²) in [6, 6.07) is 6.18. The van der Waals surface area contributed by atoms with Gasteiger partial charge >= 0.3 is 0 Å². The van der Waals surface area contributed by atoms with Gasteiger partial charge in [0.1, 0.15) is 0 Å². The highest BCUT2D eigenvalue weighted by molar-refractivity contribution is 5.74. The summed E-state index contributed by atoms with van der Waals surface area (Å²) in [4.78, 5) is 2.35. The van der Waals surface area contributed by atoms with E-state index >= 15 is 0 Å². The summed E-state index contributed by atoms with van der Waals surface area (Å²) in [5.41, 5.74) is 10.8. The van der Waals surface area contributed by atoms with Crippen LogP contribution >= 0.6 is 0 Å². The molecule has 2 aromatic rings. The average molecular weight is 242 g/mol. The van der Waals surface area contributed by atoms with Crippen molar-refractivity contribution in [1.29, 1.82) is 0 Å². The Hall–Kier alpha value is -1.97. The molecule has 0 saturated heterocycles. The molecule has 0 amide bonds. The molecule has 0 saturated carbocycles. The third-order valence-corrected chi connectivity index (χ3v) is 3.50. The first-order valence-electron chi connectivity index (χ1n) is 6.41. The number of para-hydroxylation sites is 1. The maximum atomic E-state index is 6.08. The predicted molar refractivity (Wildman–Crippen MR) is 73.5 cm³/mol. The van der Waals surface area contributed by atoms with Crippen molar-refractivity contribution < 1.29 is 0 Å². The molecule has 0 aliphatic carbocycles. The van der Waals surface area contributed by atoms with Gasteiger partial charge in [-0.3, -0.25) is 4.68 Å². The molecule has 0 spiro atoms. The Labute approximate surface area is 107 Å². The largest absolute Gasteiger partial charge is 0.397 e. The van der Waals surface area contributed by atoms with E-state index in [9.17, 15) is 0 Å². The summed E-state index contributed by atoms with van der Waals surface area (Å²) in [5.74, 6) is 0. The van der Waals surface area contributed by atoms with E-state index in [1.807, 2.05) is 23.0 Å². The number of benzene rings is 1. The summed E-state index contributed by atoms with van der Waals surface area (Å²) in [6.45, 7) is 4.95. The molecule has 0 radical (unpaired) electrons. The van der Waals surface area contributed by atoms with E-state index in [1.165, 1.54) is 16.8 Å². The first-order chi connectivity index (χ1) is 8.78. The molecule has 1 aromatic heterocycles. The number of hydrogen-bond donors (Lipinski definition) is 1. The van der Waals surface area contributed by atoms with Crippen molar-refractivity contribution in [2.24, 2.45) is 0 Å². The van der Waals surface area contributed by atoms with Crippen molar-refractivity contribution in [3.63, 3.8) is 0 Å². The molecule has 0 unspecified atom stereocenters. The quantitative estimate of drug-likeness (QED) is 0.838. The van der Waals surface area contributed by atoms with E-state index in [-0.39, 0.29) is 0 Å². The van der Waals surface area contributed by atoms with Gasteiger partial charge < -0.3 is 10.6 Å². The highest BCUT2D eigenvalue weighted by Crippen LogP contribution is 2.34. The van der Waals surface area contributed by atoms with Crippen molar-refractivity contribution in [1.82, 2.24) is 9.78 Å². The number of aryl methyl sites for hydroxylation is 1. The Morgan fingerprint density at radius 1 is 1.39 bits per heavy atom. The topological polar surface area (TPSA) is 47.1 Å². The Morgan fingerprint density at radius 3 is 3.06 bits per heavy atom. The lowest BCUT2D eigenvalue weighted by Crippen LogP contribution is -2.20. The summed E-state index contributed by atoms with van der Waals surface area (Å²) >= 11 is 0. The van der Waals surface area contributed by atoms with Gasteiger partial charge in [0.05, 0.1) is 17.6 Å². The van der Waals surface area contributed by atoms with Crippen molar-refractivity contribution in [3.8, 4) is 0 Å². The molecule has 2 N–H and O–H groups in total. The molecule has 0 atom stereocenters. The number of hydrogen-bond acceptors (Lipinski definition) is 3. The molecule has 1 aromatic carbocycles. The molecule has 94 valence electrons. The van der Waals surface area contributed by atoms with Crippen LogP contribution in [0.15, 0.2) is 30.6 Å². The van der Waals surface area contributed by atoms with Crippen molar-refractivity contribution in [2.45, 2.75) is 26.4 Å². The molecule has 1 aliphatic rings. The number of anilines is 2. The fourth-order valence-corrected chi connectivity index (χ4v) is 2.61. The second-order valence-corrected chi connectivity index (χ2v) is 4.73. The van der Waals surface area contributed by atoms with Gasteiger partial charge in [-0.25, -0.2) is 0 Å². The highest BCUT2D eigenvalue weighted by atomic mass is 15.3. The van der Waals surface area contributed by atoms with Crippen LogP contribution < -0.4 is 10.6 Å². The lowest BCUT2D eigenvalue weighted by atomic mass is 10.1. The van der Waals surface area contributed by atoms with E-state index in [0.717, 1.165) is 31.7 Å². The van der Waals surface area contributed by atoms with Crippen LogP contribution in [-0.2, 0) is 19.5 Å². The molecule has 4 heteroatoms. The van der Waals surface area contributed by atoms with Crippen LogP contribution in [-0.4, -0.2) is 16.3 Å². The molecule has 1 aliphatic heterocycles. The minimum absolute atomic E-state index is 0.882. The van der Waals surface area contributed by atoms with Gasteiger partial charge in [-0.2, -0.15) is 5.10 Å². The van der Waals surface area contributed by atoms with E-state index in [0.29, 0.717) is 0 Å². The normalized spacial score (nSPS) is 13.9. The van der Waals surface area contributed by atoms with E-state index < -0.39 is 0 Å².